The molecule has 1 saturated heterocycles. The average molecular weight is 386 g/mol. The lowest BCUT2D eigenvalue weighted by Gasteiger charge is -2.15. The van der Waals surface area contributed by atoms with Crippen LogP contribution in [0.3, 0.4) is 0 Å². The first kappa shape index (κ1) is 19.7. The monoisotopic (exact) mass is 386 g/mol. The van der Waals surface area contributed by atoms with Crippen molar-refractivity contribution >= 4 is 11.8 Å². The number of carbonyl (C=O) groups excluding carboxylic acids is 2. The minimum atomic E-state index is -0.193. The molecule has 2 aromatic rings. The highest BCUT2D eigenvalue weighted by molar-refractivity contribution is 5.93. The van der Waals surface area contributed by atoms with Crippen molar-refractivity contribution in [1.82, 2.24) is 20.0 Å². The van der Waals surface area contributed by atoms with Crippen molar-refractivity contribution in [3.05, 3.63) is 30.0 Å². The zero-order valence-corrected chi connectivity index (χ0v) is 16.5. The molecule has 28 heavy (non-hydrogen) atoms. The average Bonchev–Trinajstić information content (AvgIpc) is 3.29. The van der Waals surface area contributed by atoms with Gasteiger partial charge in [0, 0.05) is 44.7 Å². The minimum absolute atomic E-state index is 0.193. The number of nitrogens with one attached hydrogen (secondary N) is 1. The van der Waals surface area contributed by atoms with Gasteiger partial charge < -0.3 is 19.7 Å². The summed E-state index contributed by atoms with van der Waals surface area (Å²) in [5.74, 6) is 1.32. The fourth-order valence-electron chi connectivity index (χ4n) is 3.32. The number of hydrogen-bond donors (Lipinski definition) is 1. The van der Waals surface area contributed by atoms with Gasteiger partial charge >= 0.3 is 0 Å². The van der Waals surface area contributed by atoms with Gasteiger partial charge in [0.1, 0.15) is 17.2 Å². The Labute approximate surface area is 164 Å². The number of hydrogen-bond acceptors (Lipinski definition) is 5. The standard InChI is InChI=1S/C20H26N4O4/c1-23-17(20(26)21-9-5-11-24-10-4-6-19(24)25)13-16(22-23)15-8-7-14(27-2)12-18(15)28-3/h7-8,12-13H,4-6,9-11H2,1-3H3,(H,21,26). The quantitative estimate of drug-likeness (QED) is 0.700. The second-order valence-corrected chi connectivity index (χ2v) is 6.70. The van der Waals surface area contributed by atoms with Crippen LogP contribution in [0.5, 0.6) is 11.5 Å². The molecule has 1 fully saturated rings. The summed E-state index contributed by atoms with van der Waals surface area (Å²) < 4.78 is 12.2. The highest BCUT2D eigenvalue weighted by Crippen LogP contribution is 2.32. The zero-order valence-electron chi connectivity index (χ0n) is 16.5. The van der Waals surface area contributed by atoms with Crippen molar-refractivity contribution in [3.63, 3.8) is 0 Å². The first-order valence-electron chi connectivity index (χ1n) is 9.36. The largest absolute Gasteiger partial charge is 0.497 e. The van der Waals surface area contributed by atoms with E-state index in [4.69, 9.17) is 9.47 Å². The number of benzene rings is 1. The van der Waals surface area contributed by atoms with Crippen LogP contribution >= 0.6 is 0 Å². The lowest BCUT2D eigenvalue weighted by atomic mass is 10.1. The Morgan fingerprint density at radius 3 is 2.75 bits per heavy atom. The maximum atomic E-state index is 12.5. The van der Waals surface area contributed by atoms with Crippen molar-refractivity contribution in [3.8, 4) is 22.8 Å². The van der Waals surface area contributed by atoms with Crippen LogP contribution in [0.25, 0.3) is 11.3 Å². The molecule has 8 heteroatoms. The number of rotatable bonds is 8. The van der Waals surface area contributed by atoms with Crippen LogP contribution in [-0.2, 0) is 11.8 Å². The molecule has 0 radical (unpaired) electrons. The first-order valence-corrected chi connectivity index (χ1v) is 9.36. The summed E-state index contributed by atoms with van der Waals surface area (Å²) in [6, 6.07) is 7.20. The summed E-state index contributed by atoms with van der Waals surface area (Å²) in [6.07, 6.45) is 2.30. The lowest BCUT2D eigenvalue weighted by molar-refractivity contribution is -0.127. The predicted molar refractivity (Wildman–Crippen MR) is 105 cm³/mol. The van der Waals surface area contributed by atoms with Gasteiger partial charge in [0.05, 0.1) is 19.9 Å². The maximum absolute atomic E-state index is 12.5. The second-order valence-electron chi connectivity index (χ2n) is 6.70. The summed E-state index contributed by atoms with van der Waals surface area (Å²) in [5.41, 5.74) is 1.89. The van der Waals surface area contributed by atoms with Gasteiger partial charge in [-0.2, -0.15) is 5.10 Å². The Hall–Kier alpha value is -3.03. The zero-order chi connectivity index (χ0) is 20.1. The molecule has 0 unspecified atom stereocenters. The second kappa shape index (κ2) is 8.77. The Morgan fingerprint density at radius 1 is 1.25 bits per heavy atom. The molecule has 0 spiro atoms. The predicted octanol–water partition coefficient (Wildman–Crippen LogP) is 1.85. The molecule has 0 aliphatic carbocycles. The minimum Gasteiger partial charge on any atom is -0.497 e. The van der Waals surface area contributed by atoms with E-state index in [1.807, 2.05) is 17.0 Å². The number of nitrogens with zero attached hydrogens (tertiary/aromatic N) is 3. The molecule has 3 rings (SSSR count). The Kier molecular flexibility index (Phi) is 6.18. The van der Waals surface area contributed by atoms with Gasteiger partial charge in [-0.05, 0) is 31.0 Å². The molecule has 8 nitrogen and oxygen atoms in total. The van der Waals surface area contributed by atoms with Gasteiger partial charge in [-0.25, -0.2) is 0 Å². The third kappa shape index (κ3) is 4.27. The number of likely N-dealkylation sites (tertiary alicyclic amines) is 1. The highest BCUT2D eigenvalue weighted by Gasteiger charge is 2.20. The molecule has 0 atom stereocenters. The Morgan fingerprint density at radius 2 is 2.07 bits per heavy atom. The van der Waals surface area contributed by atoms with Crippen molar-refractivity contribution in [1.29, 1.82) is 0 Å². The molecule has 0 saturated carbocycles. The summed E-state index contributed by atoms with van der Waals surface area (Å²) in [5, 5.41) is 7.35. The molecule has 1 aromatic carbocycles. The van der Waals surface area contributed by atoms with Crippen LogP contribution in [0, 0.1) is 0 Å². The molecule has 0 bridgehead atoms. The number of carbonyl (C=O) groups is 2. The molecular formula is C20H26N4O4. The fourth-order valence-corrected chi connectivity index (χ4v) is 3.32. The molecule has 2 amide bonds. The van der Waals surface area contributed by atoms with E-state index in [2.05, 4.69) is 10.4 Å². The number of aryl methyl sites for hydroxylation is 1. The molecule has 1 N–H and O–H groups in total. The van der Waals surface area contributed by atoms with Crippen LogP contribution < -0.4 is 14.8 Å². The van der Waals surface area contributed by atoms with Crippen LogP contribution in [0.1, 0.15) is 29.8 Å². The summed E-state index contributed by atoms with van der Waals surface area (Å²) in [6.45, 7) is 2.01. The normalized spacial score (nSPS) is 13.7. The van der Waals surface area contributed by atoms with Crippen LogP contribution in [-0.4, -0.2) is 60.3 Å². The third-order valence-corrected chi connectivity index (χ3v) is 4.86. The van der Waals surface area contributed by atoms with Crippen molar-refractivity contribution in [2.45, 2.75) is 19.3 Å². The van der Waals surface area contributed by atoms with Crippen LogP contribution in [0.15, 0.2) is 24.3 Å². The molecule has 1 aliphatic rings. The molecule has 2 heterocycles. The number of amides is 2. The molecule has 1 aliphatic heterocycles. The van der Waals surface area contributed by atoms with E-state index < -0.39 is 0 Å². The molecular weight excluding hydrogens is 360 g/mol. The van der Waals surface area contributed by atoms with E-state index in [-0.39, 0.29) is 11.8 Å². The Balaban J connectivity index is 1.63. The summed E-state index contributed by atoms with van der Waals surface area (Å²) >= 11 is 0. The van der Waals surface area contributed by atoms with E-state index in [0.717, 1.165) is 24.9 Å². The maximum Gasteiger partial charge on any atom is 0.269 e. The van der Waals surface area contributed by atoms with E-state index in [1.165, 1.54) is 0 Å². The van der Waals surface area contributed by atoms with Gasteiger partial charge in [-0.1, -0.05) is 0 Å². The van der Waals surface area contributed by atoms with Gasteiger partial charge in [0.15, 0.2) is 0 Å². The highest BCUT2D eigenvalue weighted by atomic mass is 16.5. The van der Waals surface area contributed by atoms with E-state index in [9.17, 15) is 9.59 Å². The smallest absolute Gasteiger partial charge is 0.269 e. The topological polar surface area (TPSA) is 85.7 Å². The van der Waals surface area contributed by atoms with Crippen LogP contribution in [0.2, 0.25) is 0 Å². The fraction of sp³-hybridized carbons (Fsp3) is 0.450. The van der Waals surface area contributed by atoms with Crippen molar-refractivity contribution < 1.29 is 19.1 Å². The lowest BCUT2D eigenvalue weighted by Crippen LogP contribution is -2.31. The Bertz CT molecular complexity index is 862. The third-order valence-electron chi connectivity index (χ3n) is 4.86. The number of ether oxygens (including phenoxy) is 2. The van der Waals surface area contributed by atoms with E-state index >= 15 is 0 Å². The van der Waals surface area contributed by atoms with Crippen LogP contribution in [0.4, 0.5) is 0 Å². The number of aromatic nitrogens is 2. The van der Waals surface area contributed by atoms with Gasteiger partial charge in [0.2, 0.25) is 5.91 Å². The SMILES string of the molecule is COc1ccc(-c2cc(C(=O)NCCCN3CCCC3=O)n(C)n2)c(OC)c1. The van der Waals surface area contributed by atoms with Crippen molar-refractivity contribution in [2.75, 3.05) is 33.9 Å². The summed E-state index contributed by atoms with van der Waals surface area (Å²) in [7, 11) is 4.91. The summed E-state index contributed by atoms with van der Waals surface area (Å²) in [4.78, 5) is 26.0. The number of methoxy groups -OCH3 is 2. The molecule has 1 aromatic heterocycles. The first-order chi connectivity index (χ1) is 13.5. The van der Waals surface area contributed by atoms with E-state index in [1.54, 1.807) is 38.1 Å². The van der Waals surface area contributed by atoms with Gasteiger partial charge in [-0.3, -0.25) is 14.3 Å². The van der Waals surface area contributed by atoms with Gasteiger partial charge in [-0.15, -0.1) is 0 Å². The van der Waals surface area contributed by atoms with Crippen molar-refractivity contribution in [2.24, 2.45) is 7.05 Å². The molecule has 150 valence electrons. The van der Waals surface area contributed by atoms with Gasteiger partial charge in [0.25, 0.3) is 5.91 Å². The van der Waals surface area contributed by atoms with E-state index in [0.29, 0.717) is 42.4 Å².